The molecule has 0 saturated heterocycles. The van der Waals surface area contributed by atoms with Gasteiger partial charge in [-0.2, -0.15) is 18.2 Å². The summed E-state index contributed by atoms with van der Waals surface area (Å²) in [6, 6.07) is 31.3. The van der Waals surface area contributed by atoms with Crippen molar-refractivity contribution in [1.29, 1.82) is 0 Å². The molecule has 290 valence electrons. The molecule has 59 heavy (non-hydrogen) atoms. The number of pyridine rings is 1. The van der Waals surface area contributed by atoms with Gasteiger partial charge in [-0.1, -0.05) is 153 Å². The van der Waals surface area contributed by atoms with Gasteiger partial charge in [0.1, 0.15) is 5.82 Å². The first-order valence-electron chi connectivity index (χ1n) is 25.1. The zero-order valence-corrected chi connectivity index (χ0v) is 34.2. The van der Waals surface area contributed by atoms with Crippen molar-refractivity contribution >= 4 is 32.8 Å². The zero-order chi connectivity index (χ0) is 50.6. The van der Waals surface area contributed by atoms with E-state index < -0.39 is 67.3 Å². The Morgan fingerprint density at radius 1 is 0.695 bits per heavy atom. The minimum Gasteiger partial charge on any atom is -0.510 e. The number of fused-ring (bicyclic) bond motifs is 4. The molecule has 0 spiro atoms. The van der Waals surface area contributed by atoms with Gasteiger partial charge in [0, 0.05) is 48.4 Å². The van der Waals surface area contributed by atoms with Crippen LogP contribution in [0.25, 0.3) is 72.3 Å². The van der Waals surface area contributed by atoms with E-state index >= 15 is 0 Å². The van der Waals surface area contributed by atoms with Gasteiger partial charge in [0.15, 0.2) is 0 Å². The Kier molecular flexibility index (Phi) is 6.68. The van der Waals surface area contributed by atoms with Crippen LogP contribution in [0.2, 0.25) is 0 Å². The first kappa shape index (κ1) is 25.7. The Labute approximate surface area is 377 Å². The van der Waals surface area contributed by atoms with Crippen molar-refractivity contribution in [2.45, 2.75) is 33.0 Å². The quantitative estimate of drug-likeness (QED) is 0.118. The number of aromatic nitrogens is 4. The van der Waals surface area contributed by atoms with Crippen LogP contribution in [0, 0.1) is 25.3 Å². The molecule has 0 unspecified atom stereocenters. The third kappa shape index (κ3) is 6.86. The van der Waals surface area contributed by atoms with Crippen LogP contribution in [0.1, 0.15) is 49.7 Å². The fraction of sp³-hybridized carbons (Fsp3) is 0.0943. The SMILES string of the molecule is [2H]c1c([2H])c([2H])c(-c2cccc(-c3c([2H])c([2H])c([2H])c([2H])c3[2H])c2-[n+]2[c-]n(-c3[c-]c(Oc4[c-]c5c(cc4)c4ccccc4n5-c4ncc(C(C)(C)C)cc4C([2H])([2H])[2H])ccc3)c3ccccc32)c([2H])c1[2H].[Pt]. The Bertz CT molecular complexity index is 3710. The molecule has 0 aliphatic carbocycles. The molecule has 0 saturated carbocycles. The molecule has 10 aromatic rings. The second-order valence-electron chi connectivity index (χ2n) is 14.7. The van der Waals surface area contributed by atoms with E-state index in [1.807, 2.05) is 63.2 Å². The molecular weight excluding hydrogens is 904 g/mol. The number of nitrogens with zero attached hydrogens (tertiary/aromatic N) is 4. The van der Waals surface area contributed by atoms with Gasteiger partial charge in [-0.3, -0.25) is 4.57 Å². The molecule has 0 atom stereocenters. The maximum absolute atomic E-state index is 8.99. The Morgan fingerprint density at radius 3 is 2.07 bits per heavy atom. The van der Waals surface area contributed by atoms with Crippen LogP contribution in [0.3, 0.4) is 0 Å². The Hall–Kier alpha value is -6.55. The van der Waals surface area contributed by atoms with Crippen LogP contribution in [0.15, 0.2) is 170 Å². The average molecular weight is 957 g/mol. The van der Waals surface area contributed by atoms with E-state index in [1.165, 1.54) is 0 Å². The minimum atomic E-state index is -2.49. The molecule has 0 aliphatic rings. The van der Waals surface area contributed by atoms with E-state index in [1.54, 1.807) is 80.6 Å². The van der Waals surface area contributed by atoms with E-state index in [4.69, 9.17) is 27.5 Å². The van der Waals surface area contributed by atoms with Crippen LogP contribution in [-0.4, -0.2) is 14.1 Å². The number of hydrogen-bond donors (Lipinski definition) is 0. The molecule has 0 N–H and O–H groups in total. The number of rotatable bonds is 7. The number of para-hydroxylation sites is 4. The van der Waals surface area contributed by atoms with Crippen molar-refractivity contribution in [2.75, 3.05) is 0 Å². The number of ether oxygens (including phenoxy) is 1. The predicted molar refractivity (Wildman–Crippen MR) is 234 cm³/mol. The van der Waals surface area contributed by atoms with Gasteiger partial charge in [0.05, 0.1) is 30.4 Å². The molecule has 7 aromatic carbocycles. The van der Waals surface area contributed by atoms with E-state index in [2.05, 4.69) is 18.5 Å². The first-order valence-corrected chi connectivity index (χ1v) is 18.6. The van der Waals surface area contributed by atoms with Crippen molar-refractivity contribution in [1.82, 2.24) is 14.1 Å². The maximum Gasteiger partial charge on any atom is 0.268 e. The van der Waals surface area contributed by atoms with Gasteiger partial charge in [-0.05, 0) is 62.8 Å². The van der Waals surface area contributed by atoms with Gasteiger partial charge in [0.2, 0.25) is 0 Å². The van der Waals surface area contributed by atoms with Crippen LogP contribution >= 0.6 is 0 Å². The number of imidazole rings is 1. The standard InChI is InChI=1S/C53H40N4O.Pt/c1-36-31-39(53(2,3)4)34-54-52(36)57-47-26-12-11-23-45(47)46-30-29-42(33-50(46)57)58-41-22-15-21-40(32-41)55-35-56(49-28-14-13-27-48(49)55)51-43(37-17-7-5-8-18-37)24-16-25-44(51)38-19-9-6-10-20-38;/h5-31,34H,1-4H3;/q-2;/i1D3,5D,6D,7D,8D,9D,10D,17D,18D,19D,20D;. The molecule has 5 nitrogen and oxygen atoms in total. The second kappa shape index (κ2) is 15.3. The zero-order valence-electron chi connectivity index (χ0n) is 44.9. The fourth-order valence-corrected chi connectivity index (χ4v) is 7.31. The topological polar surface area (TPSA) is 35.9 Å². The monoisotopic (exact) mass is 956 g/mol. The summed E-state index contributed by atoms with van der Waals surface area (Å²) in [5, 5.41) is 1.66. The molecule has 3 heterocycles. The van der Waals surface area contributed by atoms with Crippen LogP contribution in [0.5, 0.6) is 11.5 Å². The Balaban J connectivity index is 0.00000640. The van der Waals surface area contributed by atoms with E-state index in [-0.39, 0.29) is 71.6 Å². The smallest absolute Gasteiger partial charge is 0.268 e. The van der Waals surface area contributed by atoms with Crippen molar-refractivity contribution in [2.24, 2.45) is 0 Å². The molecule has 0 aliphatic heterocycles. The van der Waals surface area contributed by atoms with Gasteiger partial charge in [-0.15, -0.1) is 29.7 Å². The summed E-state index contributed by atoms with van der Waals surface area (Å²) < 4.78 is 124. The fourth-order valence-electron chi connectivity index (χ4n) is 7.31. The molecule has 10 rings (SSSR count). The maximum atomic E-state index is 8.99. The summed E-state index contributed by atoms with van der Waals surface area (Å²) in [4.78, 5) is 4.79. The average Bonchev–Trinajstić information content (AvgIpc) is 3.89. The molecule has 0 amide bonds. The van der Waals surface area contributed by atoms with Gasteiger partial charge in [-0.25, -0.2) is 4.98 Å². The van der Waals surface area contributed by atoms with Crippen molar-refractivity contribution in [3.8, 4) is 50.9 Å². The molecule has 0 fully saturated rings. The third-order valence-corrected chi connectivity index (χ3v) is 10.1. The summed E-state index contributed by atoms with van der Waals surface area (Å²) >= 11 is 0. The molecule has 0 bridgehead atoms. The van der Waals surface area contributed by atoms with Crippen LogP contribution in [-0.2, 0) is 26.5 Å². The first-order chi connectivity index (χ1) is 33.7. The van der Waals surface area contributed by atoms with Gasteiger partial charge < -0.3 is 13.9 Å². The number of hydrogen-bond acceptors (Lipinski definition) is 2. The normalized spacial score (nSPS) is 14.9. The summed E-state index contributed by atoms with van der Waals surface area (Å²) in [5.74, 6) is 0.815. The van der Waals surface area contributed by atoms with E-state index in [0.29, 0.717) is 28.0 Å². The van der Waals surface area contributed by atoms with Crippen molar-refractivity contribution in [3.63, 3.8) is 0 Å². The summed E-state index contributed by atoms with van der Waals surface area (Å²) in [7, 11) is 0. The molecule has 3 aromatic heterocycles. The largest absolute Gasteiger partial charge is 0.510 e. The van der Waals surface area contributed by atoms with E-state index in [0.717, 1.165) is 21.9 Å². The predicted octanol–water partition coefficient (Wildman–Crippen LogP) is 12.5. The van der Waals surface area contributed by atoms with Crippen molar-refractivity contribution < 1.29 is 48.2 Å². The summed E-state index contributed by atoms with van der Waals surface area (Å²) in [5.41, 5.74) is 3.32. The molecule has 6 heteroatoms. The van der Waals surface area contributed by atoms with Crippen molar-refractivity contribution in [3.05, 3.63) is 199 Å². The van der Waals surface area contributed by atoms with Gasteiger partial charge >= 0.3 is 0 Å². The van der Waals surface area contributed by atoms with Crippen LogP contribution in [0.4, 0.5) is 0 Å². The minimum absolute atomic E-state index is 0. The Morgan fingerprint density at radius 2 is 1.36 bits per heavy atom. The third-order valence-electron chi connectivity index (χ3n) is 10.1. The number of benzene rings is 7. The summed E-state index contributed by atoms with van der Waals surface area (Å²) in [6.07, 6.45) is 5.07. The van der Waals surface area contributed by atoms with Gasteiger partial charge in [0.25, 0.3) is 6.33 Å². The second-order valence-corrected chi connectivity index (χ2v) is 14.7. The van der Waals surface area contributed by atoms with E-state index in [9.17, 15) is 0 Å². The summed E-state index contributed by atoms with van der Waals surface area (Å²) in [6.45, 7) is 3.51. The molecule has 0 radical (unpaired) electrons. The number of aryl methyl sites for hydroxylation is 1. The molecular formula is C53H40N4OPt-2. The van der Waals surface area contributed by atoms with Crippen LogP contribution < -0.4 is 9.30 Å².